The lowest BCUT2D eigenvalue weighted by atomic mass is 10.2. The molecule has 0 radical (unpaired) electrons. The van der Waals surface area contributed by atoms with Gasteiger partial charge in [-0.3, -0.25) is 4.31 Å². The Hall–Kier alpha value is -1.79. The van der Waals surface area contributed by atoms with E-state index in [4.69, 9.17) is 17.3 Å². The summed E-state index contributed by atoms with van der Waals surface area (Å²) < 4.78 is 39.3. The van der Waals surface area contributed by atoms with E-state index in [9.17, 15) is 12.8 Å². The zero-order valence-corrected chi connectivity index (χ0v) is 13.0. The zero-order valence-electron chi connectivity index (χ0n) is 11.5. The van der Waals surface area contributed by atoms with Gasteiger partial charge in [-0.05, 0) is 42.8 Å². The summed E-state index contributed by atoms with van der Waals surface area (Å²) in [6.45, 7) is 1.70. The largest absolute Gasteiger partial charge is 0.398 e. The van der Waals surface area contributed by atoms with Crippen molar-refractivity contribution in [1.29, 1.82) is 0 Å². The molecule has 0 saturated carbocycles. The molecule has 0 aliphatic carbocycles. The monoisotopic (exact) mass is 328 g/mol. The van der Waals surface area contributed by atoms with E-state index in [1.165, 1.54) is 37.4 Å². The van der Waals surface area contributed by atoms with Gasteiger partial charge in [0.25, 0.3) is 10.0 Å². The van der Waals surface area contributed by atoms with E-state index in [1.54, 1.807) is 6.92 Å². The van der Waals surface area contributed by atoms with E-state index in [2.05, 4.69) is 0 Å². The summed E-state index contributed by atoms with van der Waals surface area (Å²) in [7, 11) is -2.53. The Bertz CT molecular complexity index is 770. The summed E-state index contributed by atoms with van der Waals surface area (Å²) in [6, 6.07) is 7.99. The van der Waals surface area contributed by atoms with Crippen molar-refractivity contribution in [3.05, 3.63) is 52.8 Å². The van der Waals surface area contributed by atoms with Crippen LogP contribution in [0.4, 0.5) is 15.8 Å². The van der Waals surface area contributed by atoms with E-state index < -0.39 is 15.8 Å². The van der Waals surface area contributed by atoms with Crippen LogP contribution < -0.4 is 10.0 Å². The average molecular weight is 329 g/mol. The number of hydrogen-bond acceptors (Lipinski definition) is 3. The first-order valence-electron chi connectivity index (χ1n) is 6.03. The van der Waals surface area contributed by atoms with Gasteiger partial charge in [-0.2, -0.15) is 0 Å². The molecule has 0 fully saturated rings. The topological polar surface area (TPSA) is 63.4 Å². The van der Waals surface area contributed by atoms with Gasteiger partial charge >= 0.3 is 0 Å². The number of rotatable bonds is 3. The number of benzene rings is 2. The fourth-order valence-electron chi connectivity index (χ4n) is 1.79. The Labute approximate surface area is 128 Å². The van der Waals surface area contributed by atoms with Gasteiger partial charge < -0.3 is 5.73 Å². The lowest BCUT2D eigenvalue weighted by molar-refractivity contribution is 0.594. The maximum Gasteiger partial charge on any atom is 0.264 e. The summed E-state index contributed by atoms with van der Waals surface area (Å²) in [5.74, 6) is -0.518. The highest BCUT2D eigenvalue weighted by Crippen LogP contribution is 2.29. The van der Waals surface area contributed by atoms with Gasteiger partial charge in [0.15, 0.2) is 0 Å². The maximum absolute atomic E-state index is 13.2. The van der Waals surface area contributed by atoms with Crippen LogP contribution in [-0.2, 0) is 10.0 Å². The van der Waals surface area contributed by atoms with Crippen LogP contribution in [0.25, 0.3) is 0 Å². The molecule has 0 aliphatic rings. The van der Waals surface area contributed by atoms with Gasteiger partial charge in [0, 0.05) is 17.8 Å². The summed E-state index contributed by atoms with van der Waals surface area (Å²) in [5, 5.41) is 0.265. The number of sulfonamides is 1. The van der Waals surface area contributed by atoms with E-state index in [0.717, 1.165) is 10.4 Å². The lowest BCUT2D eigenvalue weighted by Crippen LogP contribution is -2.26. The smallest absolute Gasteiger partial charge is 0.264 e. The van der Waals surface area contributed by atoms with Crippen molar-refractivity contribution in [2.45, 2.75) is 11.8 Å². The van der Waals surface area contributed by atoms with Gasteiger partial charge in [0.05, 0.1) is 10.6 Å². The zero-order chi connectivity index (χ0) is 15.8. The SMILES string of the molecule is Cc1c(N)cc(S(=O)(=O)N(C)c2cccc(F)c2)cc1Cl. The molecule has 0 saturated heterocycles. The Balaban J connectivity index is 2.52. The van der Waals surface area contributed by atoms with Crippen LogP contribution in [0.15, 0.2) is 41.3 Å². The highest BCUT2D eigenvalue weighted by Gasteiger charge is 2.23. The third-order valence-corrected chi connectivity index (χ3v) is 5.34. The second kappa shape index (κ2) is 5.54. The molecule has 0 bridgehead atoms. The predicted molar refractivity (Wildman–Crippen MR) is 82.6 cm³/mol. The Morgan fingerprint density at radius 1 is 1.24 bits per heavy atom. The molecule has 0 unspecified atom stereocenters. The molecule has 4 nitrogen and oxygen atoms in total. The molecule has 0 amide bonds. The van der Waals surface area contributed by atoms with Crippen molar-refractivity contribution < 1.29 is 12.8 Å². The van der Waals surface area contributed by atoms with E-state index in [-0.39, 0.29) is 21.3 Å². The molecule has 0 atom stereocenters. The minimum absolute atomic E-state index is 0.0395. The second-order valence-corrected chi connectivity index (χ2v) is 6.95. The van der Waals surface area contributed by atoms with Gasteiger partial charge in [-0.1, -0.05) is 17.7 Å². The van der Waals surface area contributed by atoms with Gasteiger partial charge in [0.2, 0.25) is 0 Å². The molecule has 0 heterocycles. The fraction of sp³-hybridized carbons (Fsp3) is 0.143. The third-order valence-electron chi connectivity index (χ3n) is 3.19. The molecule has 21 heavy (non-hydrogen) atoms. The van der Waals surface area contributed by atoms with Crippen molar-refractivity contribution in [3.8, 4) is 0 Å². The van der Waals surface area contributed by atoms with Crippen LogP contribution in [0.1, 0.15) is 5.56 Å². The Kier molecular flexibility index (Phi) is 4.11. The predicted octanol–water partition coefficient (Wildman–Crippen LogP) is 3.19. The number of halogens is 2. The highest BCUT2D eigenvalue weighted by atomic mass is 35.5. The lowest BCUT2D eigenvalue weighted by Gasteiger charge is -2.20. The van der Waals surface area contributed by atoms with E-state index in [0.29, 0.717) is 5.56 Å². The van der Waals surface area contributed by atoms with Crippen LogP contribution in [0.2, 0.25) is 5.02 Å². The number of hydrogen-bond donors (Lipinski definition) is 1. The van der Waals surface area contributed by atoms with Gasteiger partial charge in [-0.15, -0.1) is 0 Å². The number of nitrogens with two attached hydrogens (primary N) is 1. The number of nitrogen functional groups attached to an aromatic ring is 1. The first-order chi connectivity index (χ1) is 9.73. The van der Waals surface area contributed by atoms with Crippen molar-refractivity contribution >= 4 is 33.0 Å². The second-order valence-electron chi connectivity index (χ2n) is 4.57. The van der Waals surface area contributed by atoms with E-state index >= 15 is 0 Å². The van der Waals surface area contributed by atoms with Crippen LogP contribution in [-0.4, -0.2) is 15.5 Å². The summed E-state index contributed by atoms with van der Waals surface area (Å²) in [5.41, 5.74) is 6.87. The molecule has 2 rings (SSSR count). The fourth-order valence-corrected chi connectivity index (χ4v) is 3.33. The summed E-state index contributed by atoms with van der Waals surface area (Å²) in [4.78, 5) is -0.0395. The quantitative estimate of drug-likeness (QED) is 0.880. The molecule has 0 aromatic heterocycles. The molecule has 2 aromatic carbocycles. The van der Waals surface area contributed by atoms with Crippen molar-refractivity contribution in [3.63, 3.8) is 0 Å². The van der Waals surface area contributed by atoms with Crippen molar-refractivity contribution in [2.75, 3.05) is 17.1 Å². The molecular weight excluding hydrogens is 315 g/mol. The van der Waals surface area contributed by atoms with Crippen LogP contribution in [0.3, 0.4) is 0 Å². The Morgan fingerprint density at radius 3 is 2.48 bits per heavy atom. The molecule has 0 aliphatic heterocycles. The molecule has 112 valence electrons. The summed E-state index contributed by atoms with van der Waals surface area (Å²) >= 11 is 5.98. The normalized spacial score (nSPS) is 11.4. The van der Waals surface area contributed by atoms with Gasteiger partial charge in [0.1, 0.15) is 5.82 Å². The molecule has 0 spiro atoms. The standard InChI is InChI=1S/C14H14ClFN2O2S/c1-9-13(15)7-12(8-14(9)17)21(19,20)18(2)11-5-3-4-10(16)6-11/h3-8H,17H2,1-2H3. The molecular formula is C14H14ClFN2O2S. The number of anilines is 2. The van der Waals surface area contributed by atoms with Crippen LogP contribution in [0, 0.1) is 12.7 Å². The van der Waals surface area contributed by atoms with Crippen LogP contribution >= 0.6 is 11.6 Å². The van der Waals surface area contributed by atoms with E-state index in [1.807, 2.05) is 0 Å². The minimum atomic E-state index is -3.87. The number of nitrogens with zero attached hydrogens (tertiary/aromatic N) is 1. The third kappa shape index (κ3) is 2.96. The Morgan fingerprint density at radius 2 is 1.90 bits per heavy atom. The molecule has 7 heteroatoms. The molecule has 2 aromatic rings. The highest BCUT2D eigenvalue weighted by molar-refractivity contribution is 7.92. The van der Waals surface area contributed by atoms with Crippen molar-refractivity contribution in [1.82, 2.24) is 0 Å². The maximum atomic E-state index is 13.2. The van der Waals surface area contributed by atoms with Crippen LogP contribution in [0.5, 0.6) is 0 Å². The molecule has 2 N–H and O–H groups in total. The first-order valence-corrected chi connectivity index (χ1v) is 7.85. The average Bonchev–Trinajstić information content (AvgIpc) is 2.43. The van der Waals surface area contributed by atoms with Crippen molar-refractivity contribution in [2.24, 2.45) is 0 Å². The summed E-state index contributed by atoms with van der Waals surface area (Å²) in [6.07, 6.45) is 0. The minimum Gasteiger partial charge on any atom is -0.398 e. The van der Waals surface area contributed by atoms with Gasteiger partial charge in [-0.25, -0.2) is 12.8 Å². The first kappa shape index (κ1) is 15.6.